The molecule has 1 fully saturated rings. The summed E-state index contributed by atoms with van der Waals surface area (Å²) < 4.78 is 31.8. The van der Waals surface area contributed by atoms with Crippen molar-refractivity contribution < 1.29 is 18.3 Å². The predicted molar refractivity (Wildman–Crippen MR) is 73.6 cm³/mol. The lowest BCUT2D eigenvalue weighted by Gasteiger charge is -2.30. The minimum absolute atomic E-state index is 0.118. The van der Waals surface area contributed by atoms with Crippen molar-refractivity contribution in [2.75, 3.05) is 19.7 Å². The van der Waals surface area contributed by atoms with Crippen molar-refractivity contribution in [1.29, 1.82) is 0 Å². The highest BCUT2D eigenvalue weighted by atomic mass is 32.2. The minimum Gasteiger partial charge on any atom is -0.391 e. The molecule has 2 heterocycles. The molecule has 0 aliphatic carbocycles. The van der Waals surface area contributed by atoms with E-state index in [1.807, 2.05) is 6.92 Å². The van der Waals surface area contributed by atoms with Crippen LogP contribution in [0.4, 0.5) is 0 Å². The Morgan fingerprint density at radius 3 is 2.68 bits per heavy atom. The molecule has 0 bridgehead atoms. The molecule has 2 rings (SSSR count). The summed E-state index contributed by atoms with van der Waals surface area (Å²) in [5.74, 6) is 0. The smallest absolute Gasteiger partial charge is 0.243 e. The van der Waals surface area contributed by atoms with Gasteiger partial charge in [0.25, 0.3) is 0 Å². The molecule has 1 aromatic heterocycles. The molecule has 1 aliphatic rings. The van der Waals surface area contributed by atoms with Crippen molar-refractivity contribution in [2.45, 2.75) is 37.4 Å². The average Bonchev–Trinajstić information content (AvgIpc) is 2.89. The molecule has 108 valence electrons. The summed E-state index contributed by atoms with van der Waals surface area (Å²) in [6.07, 6.45) is 1.65. The van der Waals surface area contributed by atoms with Crippen LogP contribution in [0.2, 0.25) is 0 Å². The van der Waals surface area contributed by atoms with Crippen LogP contribution in [0.5, 0.6) is 0 Å². The van der Waals surface area contributed by atoms with Gasteiger partial charge in [-0.1, -0.05) is 0 Å². The summed E-state index contributed by atoms with van der Waals surface area (Å²) in [7, 11) is -3.41. The minimum atomic E-state index is -3.41. The third-order valence-electron chi connectivity index (χ3n) is 3.23. The van der Waals surface area contributed by atoms with Crippen LogP contribution in [-0.4, -0.2) is 43.6 Å². The molecular formula is C12H19NO4S2. The quantitative estimate of drug-likeness (QED) is 0.893. The van der Waals surface area contributed by atoms with Gasteiger partial charge in [-0.25, -0.2) is 8.42 Å². The van der Waals surface area contributed by atoms with E-state index in [9.17, 15) is 8.42 Å². The highest BCUT2D eigenvalue weighted by Crippen LogP contribution is 2.25. The summed E-state index contributed by atoms with van der Waals surface area (Å²) in [5.41, 5.74) is 0. The van der Waals surface area contributed by atoms with Crippen LogP contribution < -0.4 is 0 Å². The number of aliphatic hydroxyl groups is 1. The van der Waals surface area contributed by atoms with E-state index in [1.165, 1.54) is 15.6 Å². The molecule has 0 spiro atoms. The van der Waals surface area contributed by atoms with Crippen LogP contribution in [-0.2, 0) is 21.4 Å². The second-order valence-corrected chi connectivity index (χ2v) is 7.40. The normalized spacial score (nSPS) is 18.8. The third kappa shape index (κ3) is 3.35. The molecule has 0 atom stereocenters. The molecular weight excluding hydrogens is 286 g/mol. The first-order valence-corrected chi connectivity index (χ1v) is 8.70. The molecule has 19 heavy (non-hydrogen) atoms. The van der Waals surface area contributed by atoms with Gasteiger partial charge in [0.1, 0.15) is 0 Å². The first-order chi connectivity index (χ1) is 9.07. The predicted octanol–water partition coefficient (Wildman–Crippen LogP) is 1.43. The van der Waals surface area contributed by atoms with Crippen LogP contribution in [0.3, 0.4) is 0 Å². The Morgan fingerprint density at radius 2 is 2.16 bits per heavy atom. The Hall–Kier alpha value is -0.470. The van der Waals surface area contributed by atoms with E-state index >= 15 is 0 Å². The van der Waals surface area contributed by atoms with Gasteiger partial charge in [-0.3, -0.25) is 0 Å². The molecule has 7 heteroatoms. The van der Waals surface area contributed by atoms with E-state index in [4.69, 9.17) is 9.84 Å². The average molecular weight is 305 g/mol. The molecule has 1 N–H and O–H groups in total. The van der Waals surface area contributed by atoms with Gasteiger partial charge in [0.2, 0.25) is 10.0 Å². The van der Waals surface area contributed by atoms with Gasteiger partial charge in [-0.05, 0) is 25.8 Å². The Kier molecular flexibility index (Phi) is 4.97. The fourth-order valence-corrected chi connectivity index (χ4v) is 4.79. The van der Waals surface area contributed by atoms with E-state index in [1.54, 1.807) is 11.4 Å². The van der Waals surface area contributed by atoms with Crippen molar-refractivity contribution in [3.05, 3.63) is 16.3 Å². The highest BCUT2D eigenvalue weighted by molar-refractivity contribution is 7.89. The van der Waals surface area contributed by atoms with Crippen LogP contribution >= 0.6 is 11.3 Å². The number of thiophene rings is 1. The molecule has 0 aromatic carbocycles. The summed E-state index contributed by atoms with van der Waals surface area (Å²) >= 11 is 1.27. The number of sulfonamides is 1. The van der Waals surface area contributed by atoms with Gasteiger partial charge in [0.15, 0.2) is 0 Å². The molecule has 1 aliphatic heterocycles. The van der Waals surface area contributed by atoms with Crippen LogP contribution in [0.25, 0.3) is 0 Å². The Balaban J connectivity index is 2.05. The van der Waals surface area contributed by atoms with Gasteiger partial charge >= 0.3 is 0 Å². The SMILES string of the molecule is CCOC1CCN(S(=O)(=O)c2csc(CO)c2)CC1. The second kappa shape index (κ2) is 6.32. The third-order valence-corrected chi connectivity index (χ3v) is 6.17. The van der Waals surface area contributed by atoms with Crippen molar-refractivity contribution in [1.82, 2.24) is 4.31 Å². The zero-order valence-corrected chi connectivity index (χ0v) is 12.5. The number of aliphatic hydroxyl groups excluding tert-OH is 1. The first-order valence-electron chi connectivity index (χ1n) is 6.38. The molecule has 0 unspecified atom stereocenters. The molecule has 0 radical (unpaired) electrons. The van der Waals surface area contributed by atoms with Crippen LogP contribution in [0.1, 0.15) is 24.6 Å². The molecule has 1 saturated heterocycles. The zero-order valence-electron chi connectivity index (χ0n) is 10.9. The van der Waals surface area contributed by atoms with E-state index in [0.717, 1.165) is 12.8 Å². The largest absolute Gasteiger partial charge is 0.391 e. The summed E-state index contributed by atoms with van der Waals surface area (Å²) in [4.78, 5) is 0.958. The summed E-state index contributed by atoms with van der Waals surface area (Å²) in [6, 6.07) is 1.55. The second-order valence-electron chi connectivity index (χ2n) is 4.47. The van der Waals surface area contributed by atoms with E-state index in [2.05, 4.69) is 0 Å². The summed E-state index contributed by atoms with van der Waals surface area (Å²) in [5, 5.41) is 10.6. The number of hydrogen-bond acceptors (Lipinski definition) is 5. The van der Waals surface area contributed by atoms with Crippen molar-refractivity contribution in [2.24, 2.45) is 0 Å². The lowest BCUT2D eigenvalue weighted by molar-refractivity contribution is 0.0290. The van der Waals surface area contributed by atoms with Gasteiger partial charge in [-0.2, -0.15) is 4.31 Å². The summed E-state index contributed by atoms with van der Waals surface area (Å²) in [6.45, 7) is 3.49. The van der Waals surface area contributed by atoms with E-state index in [-0.39, 0.29) is 17.6 Å². The van der Waals surface area contributed by atoms with Gasteiger partial charge < -0.3 is 9.84 Å². The monoisotopic (exact) mass is 305 g/mol. The highest BCUT2D eigenvalue weighted by Gasteiger charge is 2.30. The van der Waals surface area contributed by atoms with Crippen LogP contribution in [0.15, 0.2) is 16.3 Å². The zero-order chi connectivity index (χ0) is 13.9. The van der Waals surface area contributed by atoms with Crippen molar-refractivity contribution >= 4 is 21.4 Å². The van der Waals surface area contributed by atoms with Gasteiger partial charge in [-0.15, -0.1) is 11.3 Å². The number of nitrogens with zero attached hydrogens (tertiary/aromatic N) is 1. The lowest BCUT2D eigenvalue weighted by Crippen LogP contribution is -2.40. The van der Waals surface area contributed by atoms with E-state index in [0.29, 0.717) is 24.6 Å². The maximum absolute atomic E-state index is 12.4. The fraction of sp³-hybridized carbons (Fsp3) is 0.667. The fourth-order valence-electron chi connectivity index (χ4n) is 2.20. The van der Waals surface area contributed by atoms with Crippen molar-refractivity contribution in [3.8, 4) is 0 Å². The van der Waals surface area contributed by atoms with Crippen LogP contribution in [0, 0.1) is 0 Å². The number of piperidine rings is 1. The maximum Gasteiger partial charge on any atom is 0.243 e. The lowest BCUT2D eigenvalue weighted by atomic mass is 10.1. The van der Waals surface area contributed by atoms with Gasteiger partial charge in [0, 0.05) is 30.0 Å². The Labute approximate surface area is 117 Å². The molecule has 0 saturated carbocycles. The van der Waals surface area contributed by atoms with E-state index < -0.39 is 10.0 Å². The number of rotatable bonds is 5. The molecule has 0 amide bonds. The van der Waals surface area contributed by atoms with Crippen molar-refractivity contribution in [3.63, 3.8) is 0 Å². The Bertz CT molecular complexity index is 504. The number of hydrogen-bond donors (Lipinski definition) is 1. The topological polar surface area (TPSA) is 66.8 Å². The molecule has 5 nitrogen and oxygen atoms in total. The Morgan fingerprint density at radius 1 is 1.47 bits per heavy atom. The van der Waals surface area contributed by atoms with Gasteiger partial charge in [0.05, 0.1) is 17.6 Å². The standard InChI is InChI=1S/C12H19NO4S2/c1-2-17-10-3-5-13(6-4-10)19(15,16)12-7-11(8-14)18-9-12/h7,9-10,14H,2-6,8H2,1H3. The molecule has 1 aromatic rings. The number of ether oxygens (including phenoxy) is 1. The first kappa shape index (κ1) is 14.9. The maximum atomic E-state index is 12.4.